The van der Waals surface area contributed by atoms with Crippen molar-refractivity contribution in [1.29, 1.82) is 0 Å². The van der Waals surface area contributed by atoms with Crippen molar-refractivity contribution < 1.29 is 4.74 Å². The van der Waals surface area contributed by atoms with E-state index in [4.69, 9.17) is 4.74 Å². The van der Waals surface area contributed by atoms with E-state index in [0.717, 1.165) is 19.8 Å². The van der Waals surface area contributed by atoms with Gasteiger partial charge in [-0.1, -0.05) is 34.1 Å². The normalized spacial score (nSPS) is 21.2. The van der Waals surface area contributed by atoms with Gasteiger partial charge in [-0.25, -0.2) is 0 Å². The van der Waals surface area contributed by atoms with Gasteiger partial charge in [-0.05, 0) is 6.92 Å². The summed E-state index contributed by atoms with van der Waals surface area (Å²) in [6.45, 7) is 13.1. The molecule has 2 heteroatoms. The summed E-state index contributed by atoms with van der Waals surface area (Å²) in [5.41, 5.74) is 0. The van der Waals surface area contributed by atoms with E-state index in [1.165, 1.54) is 6.42 Å². The van der Waals surface area contributed by atoms with Gasteiger partial charge in [0.25, 0.3) is 0 Å². The first-order valence-corrected chi connectivity index (χ1v) is 5.12. The van der Waals surface area contributed by atoms with Crippen LogP contribution in [0.5, 0.6) is 0 Å². The zero-order chi connectivity index (χ0) is 9.82. The summed E-state index contributed by atoms with van der Waals surface area (Å²) in [7, 11) is 0. The molecule has 1 atom stereocenters. The third-order valence-corrected chi connectivity index (χ3v) is 1.11. The van der Waals surface area contributed by atoms with Crippen LogP contribution in [0.2, 0.25) is 0 Å². The van der Waals surface area contributed by atoms with Crippen molar-refractivity contribution in [2.75, 3.05) is 19.8 Å². The Hall–Kier alpha value is -0.0800. The van der Waals surface area contributed by atoms with Crippen LogP contribution in [-0.2, 0) is 4.74 Å². The minimum Gasteiger partial charge on any atom is -0.379 e. The maximum absolute atomic E-state index is 5.12. The first-order chi connectivity index (χ1) is 5.81. The van der Waals surface area contributed by atoms with Gasteiger partial charge < -0.3 is 10.1 Å². The summed E-state index contributed by atoms with van der Waals surface area (Å²) in [6.07, 6.45) is 1.25. The van der Waals surface area contributed by atoms with Crippen LogP contribution in [0, 0.1) is 0 Å². The zero-order valence-electron chi connectivity index (χ0n) is 9.31. The Kier molecular flexibility index (Phi) is 16.3. The molecule has 0 amide bonds. The zero-order valence-corrected chi connectivity index (χ0v) is 9.31. The molecule has 0 aromatic carbocycles. The van der Waals surface area contributed by atoms with E-state index in [1.807, 2.05) is 13.8 Å². The lowest BCUT2D eigenvalue weighted by molar-refractivity contribution is 0.0824. The van der Waals surface area contributed by atoms with Crippen LogP contribution >= 0.6 is 0 Å². The minimum atomic E-state index is 0.564. The largest absolute Gasteiger partial charge is 0.379 e. The van der Waals surface area contributed by atoms with Crippen molar-refractivity contribution in [3.63, 3.8) is 0 Å². The first kappa shape index (κ1) is 14.4. The number of rotatable bonds is 0. The van der Waals surface area contributed by atoms with Gasteiger partial charge in [0.05, 0.1) is 13.2 Å². The fraction of sp³-hybridized carbons (Fsp3) is 1.00. The van der Waals surface area contributed by atoms with E-state index in [9.17, 15) is 0 Å². The van der Waals surface area contributed by atoms with Gasteiger partial charge in [0.15, 0.2) is 0 Å². The molecule has 0 bridgehead atoms. The molecule has 1 heterocycles. The second-order valence-electron chi connectivity index (χ2n) is 2.64. The Balaban J connectivity index is 0. The van der Waals surface area contributed by atoms with E-state index in [0.29, 0.717) is 6.04 Å². The van der Waals surface area contributed by atoms with Gasteiger partial charge in [-0.15, -0.1) is 0 Å². The molecule has 0 aromatic rings. The van der Waals surface area contributed by atoms with Crippen molar-refractivity contribution in [3.8, 4) is 0 Å². The predicted octanol–water partition coefficient (Wildman–Crippen LogP) is 2.44. The highest BCUT2D eigenvalue weighted by Crippen LogP contribution is 1.88. The molecular weight excluding hydrogens is 150 g/mol. The molecule has 0 aromatic heterocycles. The topological polar surface area (TPSA) is 21.3 Å². The highest BCUT2D eigenvalue weighted by molar-refractivity contribution is 4.62. The Morgan fingerprint density at radius 3 is 2.00 bits per heavy atom. The maximum atomic E-state index is 5.12. The smallest absolute Gasteiger partial charge is 0.0617 e. The Morgan fingerprint density at radius 1 is 1.33 bits per heavy atom. The lowest BCUT2D eigenvalue weighted by atomic mass is 10.3. The molecule has 76 valence electrons. The van der Waals surface area contributed by atoms with E-state index >= 15 is 0 Å². The number of hydrogen-bond donors (Lipinski definition) is 1. The molecule has 2 nitrogen and oxygen atoms in total. The van der Waals surface area contributed by atoms with Crippen molar-refractivity contribution in [2.45, 2.75) is 47.1 Å². The quantitative estimate of drug-likeness (QED) is 0.610. The monoisotopic (exact) mass is 175 g/mol. The van der Waals surface area contributed by atoms with Crippen LogP contribution < -0.4 is 5.32 Å². The van der Waals surface area contributed by atoms with Crippen molar-refractivity contribution in [1.82, 2.24) is 5.32 Å². The Labute approximate surface area is 77.7 Å². The lowest BCUT2D eigenvalue weighted by Crippen LogP contribution is -2.38. The summed E-state index contributed by atoms with van der Waals surface area (Å²) in [5.74, 6) is 0. The van der Waals surface area contributed by atoms with Crippen molar-refractivity contribution in [3.05, 3.63) is 0 Å². The van der Waals surface area contributed by atoms with Gasteiger partial charge in [0.2, 0.25) is 0 Å². The number of ether oxygens (including phenoxy) is 1. The highest BCUT2D eigenvalue weighted by atomic mass is 16.5. The third-order valence-electron chi connectivity index (χ3n) is 1.11. The second kappa shape index (κ2) is 13.5. The average Bonchev–Trinajstić information content (AvgIpc) is 2.11. The molecule has 0 spiro atoms. The van der Waals surface area contributed by atoms with Crippen LogP contribution in [0.3, 0.4) is 0 Å². The summed E-state index contributed by atoms with van der Waals surface area (Å²) in [4.78, 5) is 0. The molecule has 0 aliphatic carbocycles. The molecule has 1 N–H and O–H groups in total. The fourth-order valence-electron chi connectivity index (χ4n) is 0.697. The molecule has 1 rings (SSSR count). The third kappa shape index (κ3) is 12.6. The first-order valence-electron chi connectivity index (χ1n) is 5.12. The fourth-order valence-corrected chi connectivity index (χ4v) is 0.697. The van der Waals surface area contributed by atoms with E-state index < -0.39 is 0 Å². The molecule has 1 aliphatic heterocycles. The summed E-state index contributed by atoms with van der Waals surface area (Å²) in [5, 5.41) is 3.26. The van der Waals surface area contributed by atoms with Gasteiger partial charge in [-0.3, -0.25) is 0 Å². The minimum absolute atomic E-state index is 0.564. The molecule has 12 heavy (non-hydrogen) atoms. The van der Waals surface area contributed by atoms with Crippen LogP contribution in [-0.4, -0.2) is 25.8 Å². The van der Waals surface area contributed by atoms with Crippen LogP contribution in [0.25, 0.3) is 0 Å². The summed E-state index contributed by atoms with van der Waals surface area (Å²) >= 11 is 0. The maximum Gasteiger partial charge on any atom is 0.0617 e. The predicted molar refractivity (Wildman–Crippen MR) is 55.6 cm³/mol. The van der Waals surface area contributed by atoms with Crippen molar-refractivity contribution >= 4 is 0 Å². The molecule has 1 fully saturated rings. The average molecular weight is 175 g/mol. The Morgan fingerprint density at radius 2 is 1.83 bits per heavy atom. The highest BCUT2D eigenvalue weighted by Gasteiger charge is 2.04. The number of morpholine rings is 1. The molecule has 1 saturated heterocycles. The number of nitrogens with one attached hydrogen (secondary N) is 1. The summed E-state index contributed by atoms with van der Waals surface area (Å²) in [6, 6.07) is 0.564. The summed E-state index contributed by atoms with van der Waals surface area (Å²) < 4.78 is 5.12. The molecule has 0 saturated carbocycles. The number of hydrogen-bond acceptors (Lipinski definition) is 2. The van der Waals surface area contributed by atoms with Gasteiger partial charge in [0, 0.05) is 12.6 Å². The molecular formula is C10H25NO. The second-order valence-corrected chi connectivity index (χ2v) is 2.64. The van der Waals surface area contributed by atoms with E-state index in [-0.39, 0.29) is 0 Å². The van der Waals surface area contributed by atoms with Crippen molar-refractivity contribution in [2.24, 2.45) is 0 Å². The Bertz CT molecular complexity index is 60.9. The molecule has 1 aliphatic rings. The van der Waals surface area contributed by atoms with Gasteiger partial charge in [0.1, 0.15) is 0 Å². The lowest BCUT2D eigenvalue weighted by Gasteiger charge is -2.19. The van der Waals surface area contributed by atoms with E-state index in [2.05, 4.69) is 26.1 Å². The van der Waals surface area contributed by atoms with Crippen LogP contribution in [0.1, 0.15) is 41.0 Å². The molecule has 0 radical (unpaired) electrons. The van der Waals surface area contributed by atoms with E-state index in [1.54, 1.807) is 0 Å². The van der Waals surface area contributed by atoms with Crippen LogP contribution in [0.15, 0.2) is 0 Å². The SMILES string of the molecule is CC.CC1COCCN1.CCC. The van der Waals surface area contributed by atoms with Gasteiger partial charge >= 0.3 is 0 Å². The standard InChI is InChI=1S/C5H11NO.C3H8.C2H6/c1-5-4-7-3-2-6-5;1-3-2;1-2/h5-6H,2-4H2,1H3;3H2,1-2H3;1-2H3. The molecule has 1 unspecified atom stereocenters. The van der Waals surface area contributed by atoms with Gasteiger partial charge in [-0.2, -0.15) is 0 Å². The van der Waals surface area contributed by atoms with Crippen LogP contribution in [0.4, 0.5) is 0 Å².